The molecule has 0 unspecified atom stereocenters. The first-order valence-electron chi connectivity index (χ1n) is 9.13. The summed E-state index contributed by atoms with van der Waals surface area (Å²) in [5.74, 6) is -1.35. The summed E-state index contributed by atoms with van der Waals surface area (Å²) < 4.78 is 51.1. The molecule has 4 rings (SSSR count). The fourth-order valence-electron chi connectivity index (χ4n) is 3.23. The Morgan fingerprint density at radius 2 is 1.84 bits per heavy atom. The molecule has 3 N–H and O–H groups in total. The molecule has 0 aliphatic rings. The van der Waals surface area contributed by atoms with Crippen LogP contribution in [0.2, 0.25) is 0 Å². The van der Waals surface area contributed by atoms with Crippen molar-refractivity contribution in [2.24, 2.45) is 0 Å². The molecule has 0 saturated carbocycles. The van der Waals surface area contributed by atoms with E-state index in [4.69, 9.17) is 0 Å². The second-order valence-electron chi connectivity index (χ2n) is 6.97. The second-order valence-corrected chi connectivity index (χ2v) is 8.95. The predicted molar refractivity (Wildman–Crippen MR) is 114 cm³/mol. The van der Waals surface area contributed by atoms with Gasteiger partial charge in [0.15, 0.2) is 21.5 Å². The molecule has 2 heterocycles. The number of hydrogen-bond acceptors (Lipinski definition) is 7. The summed E-state index contributed by atoms with van der Waals surface area (Å²) in [7, 11) is -1.74. The van der Waals surface area contributed by atoms with E-state index in [1.807, 2.05) is 0 Å². The lowest BCUT2D eigenvalue weighted by Crippen LogP contribution is -2.05. The van der Waals surface area contributed by atoms with Crippen molar-refractivity contribution in [3.8, 4) is 11.3 Å². The smallest absolute Gasteiger partial charge is 0.229 e. The molecule has 2 aromatic carbocycles. The molecule has 0 spiro atoms. The van der Waals surface area contributed by atoms with Crippen LogP contribution in [0.4, 0.5) is 26.2 Å². The second kappa shape index (κ2) is 7.58. The van der Waals surface area contributed by atoms with Crippen LogP contribution in [0.15, 0.2) is 41.4 Å². The number of nitrogens with one attached hydrogen (secondary N) is 3. The average molecular weight is 444 g/mol. The Bertz CT molecular complexity index is 1420. The number of aryl methyl sites for hydroxylation is 1. The number of fused-ring (bicyclic) bond motifs is 1. The Morgan fingerprint density at radius 3 is 2.55 bits per heavy atom. The Hall–Kier alpha value is -3.60. The third-order valence-electron chi connectivity index (χ3n) is 4.73. The summed E-state index contributed by atoms with van der Waals surface area (Å²) in [6.45, 7) is 1.72. The fraction of sp³-hybridized carbons (Fsp3) is 0.150. The SMILES string of the molecule is CNc1nc(Nc2ccc(C)c(S(C)(=O)=O)c2)ncc1-c1n[nH]c2cc(F)c(F)cc12. The molecule has 8 nitrogen and oxygen atoms in total. The molecule has 0 aliphatic carbocycles. The number of rotatable bonds is 5. The number of aromatic amines is 1. The lowest BCUT2D eigenvalue weighted by molar-refractivity contribution is 0.511. The van der Waals surface area contributed by atoms with Gasteiger partial charge in [-0.2, -0.15) is 10.1 Å². The number of anilines is 3. The van der Waals surface area contributed by atoms with Crippen LogP contribution in [0.3, 0.4) is 0 Å². The maximum absolute atomic E-state index is 13.7. The van der Waals surface area contributed by atoms with E-state index < -0.39 is 21.5 Å². The Balaban J connectivity index is 1.73. The van der Waals surface area contributed by atoms with E-state index >= 15 is 0 Å². The zero-order valence-electron chi connectivity index (χ0n) is 16.8. The Labute approximate surface area is 176 Å². The lowest BCUT2D eigenvalue weighted by Gasteiger charge is -2.11. The lowest BCUT2D eigenvalue weighted by atomic mass is 10.1. The van der Waals surface area contributed by atoms with Gasteiger partial charge in [0, 0.05) is 36.6 Å². The average Bonchev–Trinajstić information content (AvgIpc) is 3.11. The molecule has 160 valence electrons. The van der Waals surface area contributed by atoms with Crippen molar-refractivity contribution in [2.45, 2.75) is 11.8 Å². The molecule has 0 bridgehead atoms. The molecule has 0 saturated heterocycles. The molecular formula is C20H18F2N6O2S. The van der Waals surface area contributed by atoms with E-state index in [1.165, 1.54) is 12.3 Å². The highest BCUT2D eigenvalue weighted by molar-refractivity contribution is 7.90. The van der Waals surface area contributed by atoms with Crippen LogP contribution in [0.1, 0.15) is 5.56 Å². The van der Waals surface area contributed by atoms with Crippen LogP contribution in [0.25, 0.3) is 22.2 Å². The van der Waals surface area contributed by atoms with Gasteiger partial charge < -0.3 is 10.6 Å². The monoisotopic (exact) mass is 444 g/mol. The van der Waals surface area contributed by atoms with Gasteiger partial charge in [-0.05, 0) is 30.7 Å². The first-order chi connectivity index (χ1) is 14.7. The van der Waals surface area contributed by atoms with Crippen LogP contribution in [-0.2, 0) is 9.84 Å². The minimum atomic E-state index is -3.39. The highest BCUT2D eigenvalue weighted by atomic mass is 32.2. The number of sulfone groups is 1. The van der Waals surface area contributed by atoms with Gasteiger partial charge in [-0.1, -0.05) is 6.07 Å². The van der Waals surface area contributed by atoms with Gasteiger partial charge in [-0.15, -0.1) is 0 Å². The first kappa shape index (κ1) is 20.7. The van der Waals surface area contributed by atoms with E-state index in [1.54, 1.807) is 26.1 Å². The van der Waals surface area contributed by atoms with Crippen LogP contribution >= 0.6 is 0 Å². The van der Waals surface area contributed by atoms with Gasteiger partial charge in [0.25, 0.3) is 0 Å². The number of aromatic nitrogens is 4. The van der Waals surface area contributed by atoms with E-state index in [-0.39, 0.29) is 10.8 Å². The number of hydrogen-bond donors (Lipinski definition) is 3. The topological polar surface area (TPSA) is 113 Å². The van der Waals surface area contributed by atoms with E-state index in [0.29, 0.717) is 39.2 Å². The van der Waals surface area contributed by atoms with E-state index in [2.05, 4.69) is 30.8 Å². The normalized spacial score (nSPS) is 11.6. The number of H-pyrrole nitrogens is 1. The summed E-state index contributed by atoms with van der Waals surface area (Å²) in [5, 5.41) is 13.1. The maximum atomic E-state index is 13.7. The van der Waals surface area contributed by atoms with Crippen molar-refractivity contribution in [1.82, 2.24) is 20.2 Å². The van der Waals surface area contributed by atoms with Crippen molar-refractivity contribution in [3.63, 3.8) is 0 Å². The first-order valence-corrected chi connectivity index (χ1v) is 11.0. The standard InChI is InChI=1S/C20H18F2N6O2S/c1-10-4-5-11(6-17(10)31(3,29)30)25-20-24-9-13(19(23-2)26-20)18-12-7-14(21)15(22)8-16(12)27-28-18/h4-9H,1-3H3,(H,27,28)(H2,23,24,25,26). The van der Waals surface area contributed by atoms with Crippen molar-refractivity contribution in [2.75, 3.05) is 23.9 Å². The fourth-order valence-corrected chi connectivity index (χ4v) is 4.22. The van der Waals surface area contributed by atoms with Crippen LogP contribution in [0.5, 0.6) is 0 Å². The van der Waals surface area contributed by atoms with Crippen molar-refractivity contribution < 1.29 is 17.2 Å². The predicted octanol–water partition coefficient (Wildman–Crippen LogP) is 3.80. The molecule has 0 aliphatic heterocycles. The highest BCUT2D eigenvalue weighted by Gasteiger charge is 2.17. The molecule has 0 atom stereocenters. The quantitative estimate of drug-likeness (QED) is 0.429. The zero-order chi connectivity index (χ0) is 22.3. The molecule has 0 radical (unpaired) electrons. The van der Waals surface area contributed by atoms with Crippen LogP contribution in [-0.4, -0.2) is 41.9 Å². The van der Waals surface area contributed by atoms with Crippen LogP contribution < -0.4 is 10.6 Å². The Kier molecular flexibility index (Phi) is 5.05. The molecule has 0 fully saturated rings. The maximum Gasteiger partial charge on any atom is 0.229 e. The van der Waals surface area contributed by atoms with E-state index in [9.17, 15) is 17.2 Å². The largest absolute Gasteiger partial charge is 0.372 e. The highest BCUT2D eigenvalue weighted by Crippen LogP contribution is 2.32. The third-order valence-corrected chi connectivity index (χ3v) is 5.97. The summed E-state index contributed by atoms with van der Waals surface area (Å²) in [5.41, 5.74) is 2.31. The number of benzene rings is 2. The summed E-state index contributed by atoms with van der Waals surface area (Å²) in [6.07, 6.45) is 2.64. The van der Waals surface area contributed by atoms with Gasteiger partial charge in [-0.25, -0.2) is 22.2 Å². The zero-order valence-corrected chi connectivity index (χ0v) is 17.6. The van der Waals surface area contributed by atoms with Crippen molar-refractivity contribution in [1.29, 1.82) is 0 Å². The van der Waals surface area contributed by atoms with Gasteiger partial charge in [0.2, 0.25) is 5.95 Å². The van der Waals surface area contributed by atoms with E-state index in [0.717, 1.165) is 18.4 Å². The van der Waals surface area contributed by atoms with Gasteiger partial charge in [-0.3, -0.25) is 5.10 Å². The molecule has 0 amide bonds. The summed E-state index contributed by atoms with van der Waals surface area (Å²) >= 11 is 0. The molecule has 11 heteroatoms. The van der Waals surface area contributed by atoms with Gasteiger partial charge >= 0.3 is 0 Å². The minimum absolute atomic E-state index is 0.209. The third kappa shape index (κ3) is 3.91. The number of halogens is 2. The van der Waals surface area contributed by atoms with Gasteiger partial charge in [0.1, 0.15) is 11.5 Å². The van der Waals surface area contributed by atoms with Crippen LogP contribution in [0, 0.1) is 18.6 Å². The molecule has 2 aromatic heterocycles. The molecule has 31 heavy (non-hydrogen) atoms. The Morgan fingerprint density at radius 1 is 1.10 bits per heavy atom. The summed E-state index contributed by atoms with van der Waals surface area (Å²) in [6, 6.07) is 7.02. The molecule has 4 aromatic rings. The minimum Gasteiger partial charge on any atom is -0.372 e. The summed E-state index contributed by atoms with van der Waals surface area (Å²) in [4.78, 5) is 8.87. The van der Waals surface area contributed by atoms with Crippen molar-refractivity contribution >= 4 is 38.2 Å². The van der Waals surface area contributed by atoms with Crippen molar-refractivity contribution in [3.05, 3.63) is 53.7 Å². The number of nitrogens with zero attached hydrogens (tertiary/aromatic N) is 3. The van der Waals surface area contributed by atoms with Gasteiger partial charge in [0.05, 0.1) is 16.0 Å². The molecular weight excluding hydrogens is 426 g/mol.